The Balaban J connectivity index is 2.09. The van der Waals surface area contributed by atoms with E-state index >= 15 is 0 Å². The van der Waals surface area contributed by atoms with Crippen molar-refractivity contribution in [3.8, 4) is 0 Å². The lowest BCUT2D eigenvalue weighted by Crippen LogP contribution is -2.27. The average molecular weight is 320 g/mol. The van der Waals surface area contributed by atoms with E-state index in [2.05, 4.69) is 15.1 Å². The monoisotopic (exact) mass is 320 g/mol. The first-order chi connectivity index (χ1) is 10.3. The number of rotatable bonds is 3. The number of nitrogens with one attached hydrogen (secondary N) is 1. The molecule has 0 atom stereocenters. The third kappa shape index (κ3) is 2.16. The molecule has 0 bridgehead atoms. The molecule has 0 aliphatic rings. The van der Waals surface area contributed by atoms with Gasteiger partial charge in [0.25, 0.3) is 10.0 Å². The Morgan fingerprint density at radius 1 is 1.23 bits per heavy atom. The lowest BCUT2D eigenvalue weighted by Gasteiger charge is -2.19. The molecule has 0 aliphatic heterocycles. The lowest BCUT2D eigenvalue weighted by molar-refractivity contribution is 0.390. The number of benzene rings is 1. The van der Waals surface area contributed by atoms with E-state index in [9.17, 15) is 8.42 Å². The molecule has 0 radical (unpaired) electrons. The van der Waals surface area contributed by atoms with Crippen LogP contribution in [0.4, 0.5) is 5.69 Å². The molecule has 0 spiro atoms. The number of fused-ring (bicyclic) bond motifs is 1. The largest absolute Gasteiger partial charge is 0.360 e. The Labute approximate surface area is 128 Å². The molecule has 2 aromatic heterocycles. The first kappa shape index (κ1) is 14.6. The zero-order chi connectivity index (χ0) is 16.1. The van der Waals surface area contributed by atoms with E-state index in [1.165, 1.54) is 11.4 Å². The van der Waals surface area contributed by atoms with Gasteiger partial charge in [0.05, 0.1) is 16.7 Å². The maximum atomic E-state index is 12.8. The van der Waals surface area contributed by atoms with Gasteiger partial charge in [-0.25, -0.2) is 13.4 Å². The van der Waals surface area contributed by atoms with Crippen molar-refractivity contribution in [2.24, 2.45) is 0 Å². The predicted molar refractivity (Wildman–Crippen MR) is 82.4 cm³/mol. The summed E-state index contributed by atoms with van der Waals surface area (Å²) in [6, 6.07) is 5.26. The van der Waals surface area contributed by atoms with Gasteiger partial charge in [0.1, 0.15) is 11.5 Å². The SMILES string of the molecule is Cc1nc2ccc(N(C)S(=O)(=O)c3c(C)noc3C)cc2[nH]1. The maximum absolute atomic E-state index is 12.8. The summed E-state index contributed by atoms with van der Waals surface area (Å²) in [5, 5.41) is 3.71. The minimum Gasteiger partial charge on any atom is -0.360 e. The number of nitrogens with zero attached hydrogens (tertiary/aromatic N) is 3. The van der Waals surface area contributed by atoms with Crippen LogP contribution in [0.2, 0.25) is 0 Å². The highest BCUT2D eigenvalue weighted by Crippen LogP contribution is 2.28. The van der Waals surface area contributed by atoms with Crippen molar-refractivity contribution < 1.29 is 12.9 Å². The normalized spacial score (nSPS) is 12.0. The topological polar surface area (TPSA) is 92.1 Å². The fraction of sp³-hybridized carbons (Fsp3) is 0.286. The van der Waals surface area contributed by atoms with Gasteiger partial charge in [-0.3, -0.25) is 4.31 Å². The highest BCUT2D eigenvalue weighted by molar-refractivity contribution is 7.92. The molecule has 0 unspecified atom stereocenters. The second-order valence-corrected chi connectivity index (χ2v) is 7.06. The third-order valence-corrected chi connectivity index (χ3v) is 5.56. The van der Waals surface area contributed by atoms with Gasteiger partial charge in [-0.05, 0) is 39.0 Å². The second-order valence-electron chi connectivity index (χ2n) is 5.15. The fourth-order valence-electron chi connectivity index (χ4n) is 2.44. The molecule has 0 saturated heterocycles. The van der Waals surface area contributed by atoms with Gasteiger partial charge in [0.15, 0.2) is 10.7 Å². The van der Waals surface area contributed by atoms with Crippen molar-refractivity contribution in [2.45, 2.75) is 25.7 Å². The number of hydrogen-bond acceptors (Lipinski definition) is 5. The molecule has 0 amide bonds. The Kier molecular flexibility index (Phi) is 3.21. The van der Waals surface area contributed by atoms with Crippen molar-refractivity contribution in [3.63, 3.8) is 0 Å². The third-order valence-electron chi connectivity index (χ3n) is 3.53. The Morgan fingerprint density at radius 3 is 2.59 bits per heavy atom. The minimum absolute atomic E-state index is 0.107. The summed E-state index contributed by atoms with van der Waals surface area (Å²) in [7, 11) is -2.22. The van der Waals surface area contributed by atoms with Crippen LogP contribution in [0.25, 0.3) is 11.0 Å². The van der Waals surface area contributed by atoms with Crippen LogP contribution in [0.15, 0.2) is 27.6 Å². The molecular formula is C14H16N4O3S. The highest BCUT2D eigenvalue weighted by Gasteiger charge is 2.29. The van der Waals surface area contributed by atoms with E-state index in [0.29, 0.717) is 11.4 Å². The van der Waals surface area contributed by atoms with Gasteiger partial charge in [-0.15, -0.1) is 0 Å². The summed E-state index contributed by atoms with van der Waals surface area (Å²) in [6.07, 6.45) is 0. The fourth-order valence-corrected chi connectivity index (χ4v) is 3.92. The zero-order valence-electron chi connectivity index (χ0n) is 12.7. The van der Waals surface area contributed by atoms with Crippen LogP contribution in [0.5, 0.6) is 0 Å². The first-order valence-electron chi connectivity index (χ1n) is 6.69. The van der Waals surface area contributed by atoms with Crippen molar-refractivity contribution >= 4 is 26.7 Å². The predicted octanol–water partition coefficient (Wildman–Crippen LogP) is 2.30. The van der Waals surface area contributed by atoms with Crippen LogP contribution in [0.3, 0.4) is 0 Å². The number of sulfonamides is 1. The van der Waals surface area contributed by atoms with Gasteiger partial charge in [0.2, 0.25) is 0 Å². The van der Waals surface area contributed by atoms with Gasteiger partial charge >= 0.3 is 0 Å². The zero-order valence-corrected chi connectivity index (χ0v) is 13.5. The standard InChI is InChI=1S/C14H16N4O3S/c1-8-14(9(2)21-17-8)22(19,20)18(4)11-5-6-12-13(7-11)16-10(3)15-12/h5-7H,1-4H3,(H,15,16). The van der Waals surface area contributed by atoms with Crippen LogP contribution >= 0.6 is 0 Å². The number of aryl methyl sites for hydroxylation is 3. The summed E-state index contributed by atoms with van der Waals surface area (Å²) in [4.78, 5) is 7.51. The molecule has 1 aromatic carbocycles. The van der Waals surface area contributed by atoms with Crippen LogP contribution in [0.1, 0.15) is 17.3 Å². The van der Waals surface area contributed by atoms with Gasteiger partial charge in [-0.1, -0.05) is 5.16 Å². The minimum atomic E-state index is -3.73. The van der Waals surface area contributed by atoms with Crippen molar-refractivity contribution in [3.05, 3.63) is 35.5 Å². The quantitative estimate of drug-likeness (QED) is 0.799. The molecule has 3 rings (SSSR count). The number of H-pyrrole nitrogens is 1. The van der Waals surface area contributed by atoms with Crippen LogP contribution < -0.4 is 4.31 Å². The molecule has 22 heavy (non-hydrogen) atoms. The van der Waals surface area contributed by atoms with Gasteiger partial charge in [-0.2, -0.15) is 0 Å². The van der Waals surface area contributed by atoms with E-state index in [1.54, 1.807) is 32.0 Å². The van der Waals surface area contributed by atoms with E-state index < -0.39 is 10.0 Å². The summed E-state index contributed by atoms with van der Waals surface area (Å²) in [5.74, 6) is 1.06. The molecule has 0 fully saturated rings. The van der Waals surface area contributed by atoms with Crippen molar-refractivity contribution in [1.82, 2.24) is 15.1 Å². The smallest absolute Gasteiger partial charge is 0.269 e. The Hall–Kier alpha value is -2.35. The summed E-state index contributed by atoms with van der Waals surface area (Å²) in [6.45, 7) is 5.05. The highest BCUT2D eigenvalue weighted by atomic mass is 32.2. The molecule has 1 N–H and O–H groups in total. The second kappa shape index (κ2) is 4.84. The number of aromatic amines is 1. The Morgan fingerprint density at radius 2 is 1.95 bits per heavy atom. The number of aromatic nitrogens is 3. The maximum Gasteiger partial charge on any atom is 0.269 e. The van der Waals surface area contributed by atoms with E-state index in [1.807, 2.05) is 6.92 Å². The van der Waals surface area contributed by atoms with Gasteiger partial charge in [0, 0.05) is 7.05 Å². The Bertz CT molecular complexity index is 936. The molecule has 0 saturated carbocycles. The summed E-state index contributed by atoms with van der Waals surface area (Å²) in [5.41, 5.74) is 2.47. The van der Waals surface area contributed by atoms with Crippen LogP contribution in [-0.4, -0.2) is 30.6 Å². The van der Waals surface area contributed by atoms with Crippen molar-refractivity contribution in [1.29, 1.82) is 0 Å². The number of imidazole rings is 1. The molecule has 0 aliphatic carbocycles. The van der Waals surface area contributed by atoms with Gasteiger partial charge < -0.3 is 9.51 Å². The summed E-state index contributed by atoms with van der Waals surface area (Å²) < 4.78 is 31.7. The molecule has 2 heterocycles. The van der Waals surface area contributed by atoms with E-state index in [4.69, 9.17) is 4.52 Å². The average Bonchev–Trinajstić information content (AvgIpc) is 2.98. The molecule has 116 valence electrons. The lowest BCUT2D eigenvalue weighted by atomic mass is 10.3. The molecular weight excluding hydrogens is 304 g/mol. The van der Waals surface area contributed by atoms with Crippen LogP contribution in [-0.2, 0) is 10.0 Å². The molecule has 3 aromatic rings. The first-order valence-corrected chi connectivity index (χ1v) is 8.13. The van der Waals surface area contributed by atoms with Crippen LogP contribution in [0, 0.1) is 20.8 Å². The van der Waals surface area contributed by atoms with E-state index in [0.717, 1.165) is 16.9 Å². The van der Waals surface area contributed by atoms with Crippen molar-refractivity contribution in [2.75, 3.05) is 11.4 Å². The van der Waals surface area contributed by atoms with E-state index in [-0.39, 0.29) is 10.7 Å². The number of hydrogen-bond donors (Lipinski definition) is 1. The molecule has 7 nitrogen and oxygen atoms in total. The molecule has 8 heteroatoms. The number of anilines is 1. The summed E-state index contributed by atoms with van der Waals surface area (Å²) >= 11 is 0.